The molecular weight excluding hydrogens is 582 g/mol. The van der Waals surface area contributed by atoms with E-state index >= 15 is 0 Å². The highest BCUT2D eigenvalue weighted by Gasteiger charge is 2.35. The van der Waals surface area contributed by atoms with E-state index in [4.69, 9.17) is 0 Å². The molecule has 0 bridgehead atoms. The second kappa shape index (κ2) is 15.0. The van der Waals surface area contributed by atoms with Crippen molar-refractivity contribution < 1.29 is 18.0 Å². The fourth-order valence-corrected chi connectivity index (χ4v) is 6.78. The first-order chi connectivity index (χ1) is 21.5. The number of hydrogen-bond acceptors (Lipinski definition) is 4. The molecular formula is C37H43N3O4S. The number of aryl methyl sites for hydroxylation is 3. The van der Waals surface area contributed by atoms with E-state index in [0.29, 0.717) is 5.69 Å². The van der Waals surface area contributed by atoms with Crippen molar-refractivity contribution in [1.29, 1.82) is 0 Å². The van der Waals surface area contributed by atoms with Gasteiger partial charge < -0.3 is 10.2 Å². The number of nitrogens with one attached hydrogen (secondary N) is 1. The van der Waals surface area contributed by atoms with Crippen molar-refractivity contribution in [2.24, 2.45) is 0 Å². The summed E-state index contributed by atoms with van der Waals surface area (Å²) in [6.07, 6.45) is 1.00. The van der Waals surface area contributed by atoms with E-state index in [1.54, 1.807) is 29.2 Å². The minimum Gasteiger partial charge on any atom is -0.352 e. The standard InChI is InChI=1S/C37H43N3O4S/c1-6-30(5)38-37(42)35(24-31-16-9-7-10-17-31)39(25-32-18-14-13-15-28(32)3)36(41)26-40(34-22-21-27(2)23-29(34)4)45(43,44)33-19-11-8-12-20-33/h7-23,30,35H,6,24-26H2,1-5H3,(H,38,42)/t30-,35+/m1/s1. The molecule has 0 saturated carbocycles. The molecule has 45 heavy (non-hydrogen) atoms. The summed E-state index contributed by atoms with van der Waals surface area (Å²) in [6.45, 7) is 9.32. The Hall–Kier alpha value is -4.43. The van der Waals surface area contributed by atoms with Crippen molar-refractivity contribution in [2.45, 2.75) is 71.0 Å². The molecule has 1 N–H and O–H groups in total. The molecule has 0 unspecified atom stereocenters. The molecule has 0 heterocycles. The monoisotopic (exact) mass is 625 g/mol. The first-order valence-corrected chi connectivity index (χ1v) is 16.8. The van der Waals surface area contributed by atoms with Gasteiger partial charge in [0.2, 0.25) is 11.8 Å². The van der Waals surface area contributed by atoms with Crippen LogP contribution in [0.3, 0.4) is 0 Å². The Kier molecular flexibility index (Phi) is 11.2. The average molecular weight is 626 g/mol. The van der Waals surface area contributed by atoms with E-state index in [1.807, 2.05) is 101 Å². The molecule has 0 radical (unpaired) electrons. The Balaban J connectivity index is 1.83. The van der Waals surface area contributed by atoms with E-state index in [1.165, 1.54) is 16.4 Å². The highest BCUT2D eigenvalue weighted by atomic mass is 32.2. The summed E-state index contributed by atoms with van der Waals surface area (Å²) < 4.78 is 29.6. The third kappa shape index (κ3) is 8.39. The van der Waals surface area contributed by atoms with E-state index in [0.717, 1.165) is 34.2 Å². The third-order valence-corrected chi connectivity index (χ3v) is 9.88. The number of rotatable bonds is 13. The summed E-state index contributed by atoms with van der Waals surface area (Å²) >= 11 is 0. The van der Waals surface area contributed by atoms with Crippen LogP contribution in [-0.2, 0) is 32.6 Å². The largest absolute Gasteiger partial charge is 0.352 e. The summed E-state index contributed by atoms with van der Waals surface area (Å²) in [5.41, 5.74) is 4.86. The SMILES string of the molecule is CC[C@@H](C)NC(=O)[C@H](Cc1ccccc1)N(Cc1ccccc1C)C(=O)CN(c1ccc(C)cc1C)S(=O)(=O)c1ccccc1. The molecule has 0 aliphatic carbocycles. The van der Waals surface area contributed by atoms with Gasteiger partial charge in [-0.2, -0.15) is 0 Å². The molecule has 8 heteroatoms. The van der Waals surface area contributed by atoms with Crippen LogP contribution in [0.1, 0.15) is 48.1 Å². The van der Waals surface area contributed by atoms with Crippen molar-refractivity contribution in [2.75, 3.05) is 10.8 Å². The number of hydrogen-bond donors (Lipinski definition) is 1. The molecule has 0 fully saturated rings. The lowest BCUT2D eigenvalue weighted by Crippen LogP contribution is -2.54. The number of nitrogens with zero attached hydrogens (tertiary/aromatic N) is 2. The summed E-state index contributed by atoms with van der Waals surface area (Å²) in [5, 5.41) is 3.08. The average Bonchev–Trinajstić information content (AvgIpc) is 3.03. The summed E-state index contributed by atoms with van der Waals surface area (Å²) in [6, 6.07) is 29.9. The van der Waals surface area contributed by atoms with E-state index in [2.05, 4.69) is 5.32 Å². The smallest absolute Gasteiger partial charge is 0.264 e. The van der Waals surface area contributed by atoms with E-state index < -0.39 is 28.5 Å². The summed E-state index contributed by atoms with van der Waals surface area (Å²) in [4.78, 5) is 30.2. The molecule has 4 aromatic rings. The fraction of sp³-hybridized carbons (Fsp3) is 0.297. The van der Waals surface area contributed by atoms with Crippen molar-refractivity contribution in [3.05, 3.63) is 131 Å². The van der Waals surface area contributed by atoms with Crippen LogP contribution < -0.4 is 9.62 Å². The molecule has 4 aromatic carbocycles. The lowest BCUT2D eigenvalue weighted by Gasteiger charge is -2.35. The van der Waals surface area contributed by atoms with Gasteiger partial charge in [0.1, 0.15) is 12.6 Å². The molecule has 4 rings (SSSR count). The van der Waals surface area contributed by atoms with Crippen molar-refractivity contribution in [3.63, 3.8) is 0 Å². The van der Waals surface area contributed by atoms with Gasteiger partial charge in [0.05, 0.1) is 10.6 Å². The zero-order valence-electron chi connectivity index (χ0n) is 26.7. The fourth-order valence-electron chi connectivity index (χ4n) is 5.28. The molecule has 0 saturated heterocycles. The Labute approximate surface area is 268 Å². The Morgan fingerprint density at radius 2 is 1.42 bits per heavy atom. The minimum absolute atomic E-state index is 0.0820. The van der Waals surface area contributed by atoms with Crippen molar-refractivity contribution in [1.82, 2.24) is 10.2 Å². The predicted molar refractivity (Wildman–Crippen MR) is 180 cm³/mol. The van der Waals surface area contributed by atoms with Gasteiger partial charge >= 0.3 is 0 Å². The third-order valence-electron chi connectivity index (χ3n) is 8.11. The van der Waals surface area contributed by atoms with Crippen LogP contribution >= 0.6 is 0 Å². The zero-order valence-corrected chi connectivity index (χ0v) is 27.6. The normalized spacial score (nSPS) is 12.6. The van der Waals surface area contributed by atoms with Gasteiger partial charge in [0, 0.05) is 19.0 Å². The molecule has 0 aliphatic heterocycles. The van der Waals surface area contributed by atoms with Gasteiger partial charge in [-0.1, -0.05) is 97.4 Å². The summed E-state index contributed by atoms with van der Waals surface area (Å²) in [5.74, 6) is -0.753. The number of anilines is 1. The first kappa shape index (κ1) is 33.5. The predicted octanol–water partition coefficient (Wildman–Crippen LogP) is 6.36. The maximum atomic E-state index is 14.6. The first-order valence-electron chi connectivity index (χ1n) is 15.3. The maximum absolute atomic E-state index is 14.6. The zero-order chi connectivity index (χ0) is 32.6. The molecule has 0 spiro atoms. The highest BCUT2D eigenvalue weighted by Crippen LogP contribution is 2.28. The van der Waals surface area contributed by atoms with E-state index in [-0.39, 0.29) is 29.8 Å². The quantitative estimate of drug-likeness (QED) is 0.187. The van der Waals surface area contributed by atoms with Crippen LogP contribution in [0.15, 0.2) is 108 Å². The Morgan fingerprint density at radius 1 is 0.800 bits per heavy atom. The van der Waals surface area contributed by atoms with Crippen LogP contribution in [0.2, 0.25) is 0 Å². The maximum Gasteiger partial charge on any atom is 0.264 e. The van der Waals surface area contributed by atoms with Crippen LogP contribution in [0.4, 0.5) is 5.69 Å². The molecule has 7 nitrogen and oxygen atoms in total. The van der Waals surface area contributed by atoms with Gasteiger partial charge in [-0.05, 0) is 74.6 Å². The van der Waals surface area contributed by atoms with Gasteiger partial charge in [-0.3, -0.25) is 13.9 Å². The minimum atomic E-state index is -4.14. The number of benzene rings is 4. The van der Waals surface area contributed by atoms with Gasteiger partial charge in [0.15, 0.2) is 0 Å². The number of amides is 2. The lowest BCUT2D eigenvalue weighted by molar-refractivity contribution is -0.140. The van der Waals surface area contributed by atoms with Crippen LogP contribution in [0, 0.1) is 20.8 Å². The number of carbonyl (C=O) groups is 2. The number of sulfonamides is 1. The molecule has 0 aliphatic rings. The van der Waals surface area contributed by atoms with Crippen LogP contribution in [0.5, 0.6) is 0 Å². The Bertz CT molecular complexity index is 1710. The molecule has 2 amide bonds. The molecule has 0 aromatic heterocycles. The Morgan fingerprint density at radius 3 is 2.04 bits per heavy atom. The van der Waals surface area contributed by atoms with Crippen LogP contribution in [0.25, 0.3) is 0 Å². The van der Waals surface area contributed by atoms with Gasteiger partial charge in [-0.15, -0.1) is 0 Å². The van der Waals surface area contributed by atoms with Crippen molar-refractivity contribution in [3.8, 4) is 0 Å². The highest BCUT2D eigenvalue weighted by molar-refractivity contribution is 7.92. The number of carbonyl (C=O) groups excluding carboxylic acids is 2. The second-order valence-corrected chi connectivity index (χ2v) is 13.4. The van der Waals surface area contributed by atoms with E-state index in [9.17, 15) is 18.0 Å². The van der Waals surface area contributed by atoms with Crippen molar-refractivity contribution >= 4 is 27.5 Å². The van der Waals surface area contributed by atoms with Crippen LogP contribution in [-0.4, -0.2) is 43.8 Å². The topological polar surface area (TPSA) is 86.8 Å². The molecule has 2 atom stereocenters. The summed E-state index contributed by atoms with van der Waals surface area (Å²) in [7, 11) is -4.14. The van der Waals surface area contributed by atoms with Gasteiger partial charge in [-0.25, -0.2) is 8.42 Å². The second-order valence-electron chi connectivity index (χ2n) is 11.6. The van der Waals surface area contributed by atoms with Gasteiger partial charge in [0.25, 0.3) is 10.0 Å². The lowest BCUT2D eigenvalue weighted by atomic mass is 10.0. The molecule has 236 valence electrons.